The Balaban J connectivity index is 1.69. The second kappa shape index (κ2) is 9.60. The Kier molecular flexibility index (Phi) is 7.01. The van der Waals surface area contributed by atoms with Crippen LogP contribution in [0.3, 0.4) is 0 Å². The molecular weight excluding hydrogens is 467 g/mol. The molecule has 2 unspecified atom stereocenters. The Hall–Kier alpha value is -1.79. The van der Waals surface area contributed by atoms with Crippen molar-refractivity contribution in [3.8, 4) is 0 Å². The molecule has 2 aliphatic heterocycles. The van der Waals surface area contributed by atoms with Crippen molar-refractivity contribution in [3.63, 3.8) is 0 Å². The minimum absolute atomic E-state index is 0.168. The summed E-state index contributed by atoms with van der Waals surface area (Å²) >= 11 is 18.8. The molecule has 5 nitrogen and oxygen atoms in total. The van der Waals surface area contributed by atoms with Crippen LogP contribution in [0.1, 0.15) is 51.6 Å². The molecule has 0 bridgehead atoms. The predicted octanol–water partition coefficient (Wildman–Crippen LogP) is 6.49. The van der Waals surface area contributed by atoms with Crippen LogP contribution in [0.4, 0.5) is 5.69 Å². The van der Waals surface area contributed by atoms with Gasteiger partial charge in [-0.05, 0) is 62.6 Å². The fourth-order valence-corrected chi connectivity index (χ4v) is 5.28. The molecule has 0 radical (unpaired) electrons. The molecule has 8 heteroatoms. The van der Waals surface area contributed by atoms with Gasteiger partial charge in [-0.3, -0.25) is 15.2 Å². The Bertz CT molecular complexity index is 1020. The van der Waals surface area contributed by atoms with Crippen LogP contribution in [0.5, 0.6) is 0 Å². The minimum atomic E-state index is -0.206. The number of hydrogen-bond donors (Lipinski definition) is 1. The Morgan fingerprint density at radius 2 is 1.59 bits per heavy atom. The number of benzene rings is 2. The molecule has 1 N–H and O–H groups in total. The molecule has 0 aliphatic carbocycles. The molecule has 2 heterocycles. The number of carbonyl (C=O) groups excluding carboxylic acids is 1. The second-order valence-corrected chi connectivity index (χ2v) is 9.97. The van der Waals surface area contributed by atoms with Crippen molar-refractivity contribution >= 4 is 52.1 Å². The SMILES string of the molecule is CC1C(C(=O)NN2[C@H](C)CCC[C@H]2C)=NN(c2ccc(Cl)cc2Cl)C1c1ccc(Cl)cc1. The van der Waals surface area contributed by atoms with Crippen LogP contribution in [-0.4, -0.2) is 28.7 Å². The van der Waals surface area contributed by atoms with Gasteiger partial charge in [-0.25, -0.2) is 5.01 Å². The van der Waals surface area contributed by atoms with Gasteiger partial charge in [-0.2, -0.15) is 5.10 Å². The van der Waals surface area contributed by atoms with Gasteiger partial charge in [0.15, 0.2) is 0 Å². The zero-order valence-electron chi connectivity index (χ0n) is 18.4. The first kappa shape index (κ1) is 23.4. The average Bonchev–Trinajstić information content (AvgIpc) is 3.08. The molecular formula is C24H27Cl3N4O. The van der Waals surface area contributed by atoms with Crippen molar-refractivity contribution < 1.29 is 4.79 Å². The fraction of sp³-hybridized carbons (Fsp3) is 0.417. The van der Waals surface area contributed by atoms with Crippen molar-refractivity contribution in [3.05, 3.63) is 63.1 Å². The first-order chi connectivity index (χ1) is 15.3. The van der Waals surface area contributed by atoms with Gasteiger partial charge in [0.1, 0.15) is 5.71 Å². The Morgan fingerprint density at radius 3 is 2.22 bits per heavy atom. The number of hydrazone groups is 1. The molecule has 32 heavy (non-hydrogen) atoms. The van der Waals surface area contributed by atoms with E-state index >= 15 is 0 Å². The van der Waals surface area contributed by atoms with Crippen LogP contribution in [0.25, 0.3) is 0 Å². The Morgan fingerprint density at radius 1 is 0.969 bits per heavy atom. The van der Waals surface area contributed by atoms with Gasteiger partial charge in [-0.15, -0.1) is 0 Å². The van der Waals surface area contributed by atoms with E-state index in [9.17, 15) is 4.79 Å². The quantitative estimate of drug-likeness (QED) is 0.529. The van der Waals surface area contributed by atoms with Gasteiger partial charge >= 0.3 is 0 Å². The first-order valence-corrected chi connectivity index (χ1v) is 12.1. The molecule has 1 fully saturated rings. The summed E-state index contributed by atoms with van der Waals surface area (Å²) in [6, 6.07) is 13.3. The molecule has 0 spiro atoms. The maximum absolute atomic E-state index is 13.4. The lowest BCUT2D eigenvalue weighted by Crippen LogP contribution is -2.56. The number of piperidine rings is 1. The third-order valence-corrected chi connectivity index (χ3v) is 7.20. The molecule has 170 valence electrons. The van der Waals surface area contributed by atoms with E-state index in [1.165, 1.54) is 6.42 Å². The number of amides is 1. The van der Waals surface area contributed by atoms with Crippen molar-refractivity contribution in [1.82, 2.24) is 10.4 Å². The molecule has 1 saturated heterocycles. The zero-order valence-corrected chi connectivity index (χ0v) is 20.6. The van der Waals surface area contributed by atoms with Gasteiger partial charge in [0, 0.05) is 28.0 Å². The summed E-state index contributed by atoms with van der Waals surface area (Å²) < 4.78 is 0. The molecule has 2 aromatic rings. The lowest BCUT2D eigenvalue weighted by Gasteiger charge is -2.38. The summed E-state index contributed by atoms with van der Waals surface area (Å²) in [5.41, 5.74) is 5.30. The van der Waals surface area contributed by atoms with Gasteiger partial charge in [-0.1, -0.05) is 60.3 Å². The lowest BCUT2D eigenvalue weighted by atomic mass is 9.91. The van der Waals surface area contributed by atoms with Crippen LogP contribution < -0.4 is 10.4 Å². The topological polar surface area (TPSA) is 47.9 Å². The number of hydrazine groups is 1. The number of carbonyl (C=O) groups is 1. The summed E-state index contributed by atoms with van der Waals surface area (Å²) in [6.07, 6.45) is 3.30. The van der Waals surface area contributed by atoms with Crippen LogP contribution in [0, 0.1) is 5.92 Å². The molecule has 4 rings (SSSR count). The third kappa shape index (κ3) is 4.62. The highest BCUT2D eigenvalue weighted by molar-refractivity contribution is 6.41. The normalized spacial score (nSPS) is 26.2. The highest BCUT2D eigenvalue weighted by Gasteiger charge is 2.41. The Labute approximate surface area is 204 Å². The van der Waals surface area contributed by atoms with Crippen molar-refractivity contribution in [2.75, 3.05) is 5.01 Å². The van der Waals surface area contributed by atoms with Gasteiger partial charge in [0.05, 0.1) is 16.8 Å². The highest BCUT2D eigenvalue weighted by Crippen LogP contribution is 2.42. The van der Waals surface area contributed by atoms with E-state index in [1.54, 1.807) is 12.1 Å². The van der Waals surface area contributed by atoms with E-state index < -0.39 is 0 Å². The van der Waals surface area contributed by atoms with E-state index in [1.807, 2.05) is 42.3 Å². The standard InChI is InChI=1S/C24H27Cl3N4O/c1-14-5-4-6-15(2)30(14)29-24(32)22-16(3)23(17-7-9-18(25)10-8-17)31(28-22)21-12-11-19(26)13-20(21)27/h7-16,23H,4-6H2,1-3H3,(H,29,32)/t14-,15-,16?,23?/m1/s1. The molecule has 0 saturated carbocycles. The van der Waals surface area contributed by atoms with Crippen LogP contribution in [-0.2, 0) is 4.79 Å². The molecule has 4 atom stereocenters. The third-order valence-electron chi connectivity index (χ3n) is 6.41. The second-order valence-electron chi connectivity index (χ2n) is 8.69. The minimum Gasteiger partial charge on any atom is -0.283 e. The molecule has 2 aromatic carbocycles. The monoisotopic (exact) mass is 492 g/mol. The summed E-state index contributed by atoms with van der Waals surface area (Å²) in [6.45, 7) is 6.31. The largest absolute Gasteiger partial charge is 0.283 e. The van der Waals surface area contributed by atoms with E-state index in [4.69, 9.17) is 39.9 Å². The number of halogens is 3. The molecule has 2 aliphatic rings. The summed E-state index contributed by atoms with van der Waals surface area (Å²) in [7, 11) is 0. The first-order valence-electron chi connectivity index (χ1n) is 10.9. The fourth-order valence-electron chi connectivity index (χ4n) is 4.66. The van der Waals surface area contributed by atoms with Crippen molar-refractivity contribution in [2.45, 2.75) is 58.2 Å². The summed E-state index contributed by atoms with van der Waals surface area (Å²) in [5, 5.41) is 10.3. The predicted molar refractivity (Wildman–Crippen MR) is 132 cm³/mol. The number of nitrogens with one attached hydrogen (secondary N) is 1. The van der Waals surface area contributed by atoms with Gasteiger partial charge in [0.2, 0.25) is 0 Å². The van der Waals surface area contributed by atoms with E-state index in [-0.39, 0.29) is 30.0 Å². The van der Waals surface area contributed by atoms with Gasteiger partial charge < -0.3 is 0 Å². The van der Waals surface area contributed by atoms with Crippen LogP contribution in [0.2, 0.25) is 15.1 Å². The maximum Gasteiger partial charge on any atom is 0.282 e. The van der Waals surface area contributed by atoms with E-state index in [0.29, 0.717) is 26.5 Å². The number of hydrogen-bond acceptors (Lipinski definition) is 4. The van der Waals surface area contributed by atoms with Crippen molar-refractivity contribution in [1.29, 1.82) is 0 Å². The van der Waals surface area contributed by atoms with Crippen LogP contribution >= 0.6 is 34.8 Å². The summed E-state index contributed by atoms with van der Waals surface area (Å²) in [4.78, 5) is 13.4. The number of nitrogens with zero attached hydrogens (tertiary/aromatic N) is 3. The zero-order chi connectivity index (χ0) is 23.0. The van der Waals surface area contributed by atoms with Gasteiger partial charge in [0.25, 0.3) is 5.91 Å². The van der Waals surface area contributed by atoms with Crippen LogP contribution in [0.15, 0.2) is 47.6 Å². The number of rotatable bonds is 4. The highest BCUT2D eigenvalue weighted by atomic mass is 35.5. The maximum atomic E-state index is 13.4. The smallest absolute Gasteiger partial charge is 0.282 e. The van der Waals surface area contributed by atoms with E-state index in [2.05, 4.69) is 24.3 Å². The average molecular weight is 494 g/mol. The molecule has 1 amide bonds. The lowest BCUT2D eigenvalue weighted by molar-refractivity contribution is -0.122. The van der Waals surface area contributed by atoms with Crippen molar-refractivity contribution in [2.24, 2.45) is 11.0 Å². The van der Waals surface area contributed by atoms with E-state index in [0.717, 1.165) is 18.4 Å². The summed E-state index contributed by atoms with van der Waals surface area (Å²) in [5.74, 6) is -0.344. The number of anilines is 1. The molecule has 0 aromatic heterocycles.